The minimum absolute atomic E-state index is 0.00336. The van der Waals surface area contributed by atoms with E-state index in [1.165, 1.54) is 44.2 Å². The lowest BCUT2D eigenvalue weighted by molar-refractivity contribution is 0.139. The van der Waals surface area contributed by atoms with Crippen LogP contribution in [0, 0.1) is 5.82 Å². The number of ether oxygens (including phenoxy) is 1. The molecular weight excluding hydrogens is 417 g/mol. The van der Waals surface area contributed by atoms with Gasteiger partial charge in [0.15, 0.2) is 0 Å². The number of nitrogens with zero attached hydrogens (tertiary/aromatic N) is 1. The van der Waals surface area contributed by atoms with Crippen molar-refractivity contribution < 1.29 is 9.13 Å². The van der Waals surface area contributed by atoms with Crippen LogP contribution in [0.4, 0.5) is 10.1 Å². The zero-order valence-corrected chi connectivity index (χ0v) is 19.4. The molecule has 0 unspecified atom stereocenters. The highest BCUT2D eigenvalue weighted by molar-refractivity contribution is 5.83. The van der Waals surface area contributed by atoms with Gasteiger partial charge in [-0.1, -0.05) is 37.5 Å². The Morgan fingerprint density at radius 1 is 1.03 bits per heavy atom. The third-order valence-electron chi connectivity index (χ3n) is 6.37. The standard InChI is InChI=1S/C27H34FN3O2/c1-2-33-15-14-31-26-17-25(30-24-6-4-3-5-7-24)13-10-21(26)16-22(27(31)32)19-29-18-20-8-11-23(28)12-9-20/h8-13,16-17,24,29-30H,2-7,14-15,18-19H2,1H3. The predicted molar refractivity (Wildman–Crippen MR) is 132 cm³/mol. The first-order valence-corrected chi connectivity index (χ1v) is 12.1. The van der Waals surface area contributed by atoms with E-state index in [9.17, 15) is 9.18 Å². The van der Waals surface area contributed by atoms with Crippen LogP contribution in [0.25, 0.3) is 10.9 Å². The topological polar surface area (TPSA) is 55.3 Å². The Balaban J connectivity index is 1.56. The first-order chi connectivity index (χ1) is 16.1. The number of rotatable bonds is 10. The normalized spacial score (nSPS) is 14.6. The number of nitrogens with one attached hydrogen (secondary N) is 2. The van der Waals surface area contributed by atoms with Gasteiger partial charge >= 0.3 is 0 Å². The van der Waals surface area contributed by atoms with Crippen LogP contribution in [0.2, 0.25) is 0 Å². The number of halogens is 1. The first-order valence-electron chi connectivity index (χ1n) is 12.1. The quantitative estimate of drug-likeness (QED) is 0.416. The zero-order valence-electron chi connectivity index (χ0n) is 19.4. The number of fused-ring (bicyclic) bond motifs is 1. The van der Waals surface area contributed by atoms with Crippen LogP contribution >= 0.6 is 0 Å². The average Bonchev–Trinajstić information content (AvgIpc) is 2.83. The lowest BCUT2D eigenvalue weighted by atomic mass is 9.95. The van der Waals surface area contributed by atoms with Crippen molar-refractivity contribution >= 4 is 16.6 Å². The summed E-state index contributed by atoms with van der Waals surface area (Å²) in [7, 11) is 0. The Morgan fingerprint density at radius 3 is 2.58 bits per heavy atom. The molecule has 0 atom stereocenters. The maximum atomic E-state index is 13.4. The highest BCUT2D eigenvalue weighted by atomic mass is 19.1. The van der Waals surface area contributed by atoms with E-state index in [1.807, 2.05) is 17.6 Å². The number of hydrogen-bond acceptors (Lipinski definition) is 4. The van der Waals surface area contributed by atoms with Gasteiger partial charge in [0, 0.05) is 43.5 Å². The molecule has 0 aliphatic heterocycles. The maximum absolute atomic E-state index is 13.4. The van der Waals surface area contributed by atoms with Crippen molar-refractivity contribution in [3.8, 4) is 0 Å². The van der Waals surface area contributed by atoms with Crippen LogP contribution in [0.15, 0.2) is 53.3 Å². The van der Waals surface area contributed by atoms with Gasteiger partial charge in [0.25, 0.3) is 5.56 Å². The molecule has 4 rings (SSSR count). The van der Waals surface area contributed by atoms with Crippen LogP contribution in [0.1, 0.15) is 50.2 Å². The zero-order chi connectivity index (χ0) is 23.0. The number of pyridine rings is 1. The van der Waals surface area contributed by atoms with Gasteiger partial charge in [0.1, 0.15) is 5.82 Å². The van der Waals surface area contributed by atoms with E-state index in [-0.39, 0.29) is 11.4 Å². The monoisotopic (exact) mass is 451 g/mol. The van der Waals surface area contributed by atoms with Crippen molar-refractivity contribution in [3.05, 3.63) is 75.8 Å². The molecule has 0 radical (unpaired) electrons. The molecule has 1 heterocycles. The molecule has 1 aromatic heterocycles. The van der Waals surface area contributed by atoms with Gasteiger partial charge in [-0.15, -0.1) is 0 Å². The van der Waals surface area contributed by atoms with Crippen LogP contribution in [0.3, 0.4) is 0 Å². The van der Waals surface area contributed by atoms with Gasteiger partial charge in [0.2, 0.25) is 0 Å². The predicted octanol–water partition coefficient (Wildman–Crippen LogP) is 5.21. The number of benzene rings is 2. The molecule has 176 valence electrons. The Bertz CT molecular complexity index is 1100. The molecule has 5 nitrogen and oxygen atoms in total. The van der Waals surface area contributed by atoms with E-state index < -0.39 is 0 Å². The molecule has 6 heteroatoms. The summed E-state index contributed by atoms with van der Waals surface area (Å²) in [6, 6.07) is 15.2. The summed E-state index contributed by atoms with van der Waals surface area (Å²) < 4.78 is 20.5. The van der Waals surface area contributed by atoms with Gasteiger partial charge in [-0.3, -0.25) is 4.79 Å². The van der Waals surface area contributed by atoms with Crippen molar-refractivity contribution in [2.75, 3.05) is 18.5 Å². The summed E-state index contributed by atoms with van der Waals surface area (Å²) in [6.07, 6.45) is 6.28. The summed E-state index contributed by atoms with van der Waals surface area (Å²) >= 11 is 0. The smallest absolute Gasteiger partial charge is 0.255 e. The number of hydrogen-bond donors (Lipinski definition) is 2. The number of anilines is 1. The van der Waals surface area contributed by atoms with E-state index >= 15 is 0 Å². The first kappa shape index (κ1) is 23.5. The minimum atomic E-state index is -0.247. The second kappa shape index (κ2) is 11.4. The molecule has 1 fully saturated rings. The molecule has 3 aromatic rings. The summed E-state index contributed by atoms with van der Waals surface area (Å²) in [5.74, 6) is -0.247. The molecule has 0 amide bonds. The molecule has 0 spiro atoms. The van der Waals surface area contributed by atoms with Gasteiger partial charge in [-0.05, 0) is 61.0 Å². The van der Waals surface area contributed by atoms with Gasteiger partial charge in [-0.2, -0.15) is 0 Å². The molecule has 2 aromatic carbocycles. The van der Waals surface area contributed by atoms with Gasteiger partial charge < -0.3 is 19.9 Å². The summed E-state index contributed by atoms with van der Waals surface area (Å²) in [5, 5.41) is 8.04. The van der Waals surface area contributed by atoms with E-state index in [4.69, 9.17) is 4.74 Å². The van der Waals surface area contributed by atoms with E-state index in [0.717, 1.165) is 22.2 Å². The number of aromatic nitrogens is 1. The van der Waals surface area contributed by atoms with Gasteiger partial charge in [-0.25, -0.2) is 4.39 Å². The highest BCUT2D eigenvalue weighted by Gasteiger charge is 2.15. The summed E-state index contributed by atoms with van der Waals surface area (Å²) in [4.78, 5) is 13.4. The Hall–Kier alpha value is -2.70. The molecular formula is C27H34FN3O2. The molecule has 0 saturated heterocycles. The van der Waals surface area contributed by atoms with Gasteiger partial charge in [0.05, 0.1) is 12.1 Å². The third kappa shape index (κ3) is 6.21. The second-order valence-electron chi connectivity index (χ2n) is 8.81. The maximum Gasteiger partial charge on any atom is 0.255 e. The van der Waals surface area contributed by atoms with Crippen LogP contribution < -0.4 is 16.2 Å². The largest absolute Gasteiger partial charge is 0.382 e. The Labute approximate surface area is 195 Å². The average molecular weight is 452 g/mol. The van der Waals surface area contributed by atoms with Crippen LogP contribution in [-0.2, 0) is 24.4 Å². The Morgan fingerprint density at radius 2 is 1.82 bits per heavy atom. The molecule has 1 aliphatic carbocycles. The third-order valence-corrected chi connectivity index (χ3v) is 6.37. The lowest BCUT2D eigenvalue weighted by Gasteiger charge is -2.24. The molecule has 1 saturated carbocycles. The van der Waals surface area contributed by atoms with Crippen molar-refractivity contribution in [2.45, 2.75) is 64.7 Å². The summed E-state index contributed by atoms with van der Waals surface area (Å²) in [6.45, 7) is 4.62. The van der Waals surface area contributed by atoms with Crippen LogP contribution in [-0.4, -0.2) is 23.8 Å². The van der Waals surface area contributed by atoms with E-state index in [1.54, 1.807) is 12.1 Å². The fourth-order valence-electron chi connectivity index (χ4n) is 4.60. The lowest BCUT2D eigenvalue weighted by Crippen LogP contribution is -2.29. The van der Waals surface area contributed by atoms with Crippen molar-refractivity contribution in [1.82, 2.24) is 9.88 Å². The molecule has 33 heavy (non-hydrogen) atoms. The van der Waals surface area contributed by atoms with Crippen LogP contribution in [0.5, 0.6) is 0 Å². The minimum Gasteiger partial charge on any atom is -0.382 e. The summed E-state index contributed by atoms with van der Waals surface area (Å²) in [5.41, 5.74) is 3.70. The van der Waals surface area contributed by atoms with Crippen molar-refractivity contribution in [1.29, 1.82) is 0 Å². The Kier molecular flexibility index (Phi) is 8.13. The van der Waals surface area contributed by atoms with E-state index in [0.29, 0.717) is 44.5 Å². The fraction of sp³-hybridized carbons (Fsp3) is 0.444. The fourth-order valence-corrected chi connectivity index (χ4v) is 4.60. The van der Waals surface area contributed by atoms with Crippen molar-refractivity contribution in [3.63, 3.8) is 0 Å². The van der Waals surface area contributed by atoms with Crippen molar-refractivity contribution in [2.24, 2.45) is 0 Å². The highest BCUT2D eigenvalue weighted by Crippen LogP contribution is 2.24. The second-order valence-corrected chi connectivity index (χ2v) is 8.81. The SMILES string of the molecule is CCOCCn1c(=O)c(CNCc2ccc(F)cc2)cc2ccc(NC3CCCCC3)cc21. The molecule has 0 bridgehead atoms. The van der Waals surface area contributed by atoms with E-state index in [2.05, 4.69) is 28.8 Å². The molecule has 1 aliphatic rings. The molecule has 2 N–H and O–H groups in total.